The van der Waals surface area contributed by atoms with Crippen molar-refractivity contribution in [3.8, 4) is 0 Å². The maximum atomic E-state index is 10.1. The van der Waals surface area contributed by atoms with Gasteiger partial charge in [-0.3, -0.25) is 0 Å². The van der Waals surface area contributed by atoms with Crippen molar-refractivity contribution < 1.29 is 5.11 Å². The van der Waals surface area contributed by atoms with Crippen LogP contribution in [0.1, 0.15) is 50.6 Å². The Kier molecular flexibility index (Phi) is 5.86. The van der Waals surface area contributed by atoms with Crippen molar-refractivity contribution >= 4 is 15.9 Å². The first-order valence-corrected chi connectivity index (χ1v) is 8.11. The highest BCUT2D eigenvalue weighted by molar-refractivity contribution is 9.10. The molecule has 1 aromatic rings. The molecule has 0 bridgehead atoms. The van der Waals surface area contributed by atoms with E-state index in [0.717, 1.165) is 16.8 Å². The first-order valence-electron chi connectivity index (χ1n) is 7.32. The quantitative estimate of drug-likeness (QED) is 0.827. The van der Waals surface area contributed by atoms with Gasteiger partial charge in [0.1, 0.15) is 0 Å². The molecule has 2 nitrogen and oxygen atoms in total. The molecule has 0 radical (unpaired) electrons. The molecule has 1 aliphatic rings. The van der Waals surface area contributed by atoms with Crippen molar-refractivity contribution in [2.24, 2.45) is 5.92 Å². The predicted molar refractivity (Wildman–Crippen MR) is 83.1 cm³/mol. The fourth-order valence-electron chi connectivity index (χ4n) is 2.90. The van der Waals surface area contributed by atoms with Crippen molar-refractivity contribution in [2.45, 2.75) is 51.2 Å². The van der Waals surface area contributed by atoms with Gasteiger partial charge in [0.05, 0.1) is 6.10 Å². The summed E-state index contributed by atoms with van der Waals surface area (Å²) in [5, 5.41) is 13.5. The average Bonchev–Trinajstić information content (AvgIpc) is 2.89. The Hall–Kier alpha value is -0.380. The number of rotatable bonds is 6. The number of nitrogens with one attached hydrogen (secondary N) is 1. The number of benzene rings is 1. The first kappa shape index (κ1) is 15.0. The molecular formula is C16H24BrNO. The second kappa shape index (κ2) is 7.41. The van der Waals surface area contributed by atoms with E-state index in [9.17, 15) is 5.11 Å². The predicted octanol–water partition coefficient (Wildman–Crippen LogP) is 4.04. The summed E-state index contributed by atoms with van der Waals surface area (Å²) in [6.45, 7) is 2.83. The molecule has 106 valence electrons. The Labute approximate surface area is 124 Å². The molecule has 1 fully saturated rings. The van der Waals surface area contributed by atoms with Gasteiger partial charge in [0.15, 0.2) is 0 Å². The van der Waals surface area contributed by atoms with E-state index >= 15 is 0 Å². The summed E-state index contributed by atoms with van der Waals surface area (Å²) < 4.78 is 1.10. The number of hydrogen-bond donors (Lipinski definition) is 2. The number of hydrogen-bond acceptors (Lipinski definition) is 2. The van der Waals surface area contributed by atoms with Gasteiger partial charge in [0.2, 0.25) is 0 Å². The van der Waals surface area contributed by atoms with Crippen LogP contribution in [0.15, 0.2) is 28.7 Å². The molecule has 19 heavy (non-hydrogen) atoms. The molecule has 0 heterocycles. The molecule has 0 spiro atoms. The topological polar surface area (TPSA) is 32.3 Å². The lowest BCUT2D eigenvalue weighted by Gasteiger charge is -2.19. The summed E-state index contributed by atoms with van der Waals surface area (Å²) in [5.74, 6) is 0.750. The summed E-state index contributed by atoms with van der Waals surface area (Å²) >= 11 is 3.45. The van der Waals surface area contributed by atoms with Crippen molar-refractivity contribution in [3.63, 3.8) is 0 Å². The van der Waals surface area contributed by atoms with Gasteiger partial charge in [0, 0.05) is 17.1 Å². The molecule has 2 rings (SSSR count). The van der Waals surface area contributed by atoms with Crippen LogP contribution in [0, 0.1) is 5.92 Å². The van der Waals surface area contributed by atoms with Gasteiger partial charge >= 0.3 is 0 Å². The van der Waals surface area contributed by atoms with Gasteiger partial charge in [-0.05, 0) is 37.0 Å². The van der Waals surface area contributed by atoms with E-state index < -0.39 is 0 Å². The van der Waals surface area contributed by atoms with Crippen LogP contribution in [0.2, 0.25) is 0 Å². The molecule has 0 aliphatic heterocycles. The van der Waals surface area contributed by atoms with Gasteiger partial charge in [-0.1, -0.05) is 53.7 Å². The molecule has 2 atom stereocenters. The zero-order valence-electron chi connectivity index (χ0n) is 11.6. The third kappa shape index (κ3) is 4.90. The summed E-state index contributed by atoms with van der Waals surface area (Å²) in [4.78, 5) is 0. The van der Waals surface area contributed by atoms with Crippen molar-refractivity contribution in [3.05, 3.63) is 34.3 Å². The minimum atomic E-state index is -0.207. The van der Waals surface area contributed by atoms with Crippen LogP contribution < -0.4 is 5.32 Å². The maximum Gasteiger partial charge on any atom is 0.0667 e. The van der Waals surface area contributed by atoms with Crippen LogP contribution in [0.3, 0.4) is 0 Å². The molecule has 1 aromatic carbocycles. The average molecular weight is 326 g/mol. The summed E-state index contributed by atoms with van der Waals surface area (Å²) in [6, 6.07) is 8.63. The lowest BCUT2D eigenvalue weighted by atomic mass is 10.00. The Balaban J connectivity index is 1.73. The molecule has 3 heteroatoms. The second-order valence-corrected chi connectivity index (χ2v) is 6.64. The SMILES string of the molecule is C[C@H](NCC(O)CC1CCCC1)c1ccc(Br)cc1. The first-order chi connectivity index (χ1) is 9.15. The Morgan fingerprint density at radius 3 is 2.53 bits per heavy atom. The Morgan fingerprint density at radius 2 is 1.89 bits per heavy atom. The fourth-order valence-corrected chi connectivity index (χ4v) is 3.16. The second-order valence-electron chi connectivity index (χ2n) is 5.72. The molecular weight excluding hydrogens is 302 g/mol. The van der Waals surface area contributed by atoms with Crippen LogP contribution in [0.5, 0.6) is 0 Å². The van der Waals surface area contributed by atoms with E-state index in [1.54, 1.807) is 0 Å². The largest absolute Gasteiger partial charge is 0.392 e. The van der Waals surface area contributed by atoms with Gasteiger partial charge < -0.3 is 10.4 Å². The number of aliphatic hydroxyl groups is 1. The summed E-state index contributed by atoms with van der Waals surface area (Å²) in [6.07, 6.45) is 6.06. The van der Waals surface area contributed by atoms with Crippen molar-refractivity contribution in [1.29, 1.82) is 0 Å². The van der Waals surface area contributed by atoms with Crippen molar-refractivity contribution in [2.75, 3.05) is 6.54 Å². The van der Waals surface area contributed by atoms with Crippen LogP contribution in [0.25, 0.3) is 0 Å². The van der Waals surface area contributed by atoms with Gasteiger partial charge in [0.25, 0.3) is 0 Å². The minimum absolute atomic E-state index is 0.207. The highest BCUT2D eigenvalue weighted by Gasteiger charge is 2.19. The third-order valence-corrected chi connectivity index (χ3v) is 4.64. The summed E-state index contributed by atoms with van der Waals surface area (Å²) in [5.41, 5.74) is 1.26. The van der Waals surface area contributed by atoms with E-state index in [0.29, 0.717) is 6.54 Å². The monoisotopic (exact) mass is 325 g/mol. The zero-order valence-corrected chi connectivity index (χ0v) is 13.2. The zero-order chi connectivity index (χ0) is 13.7. The molecule has 0 amide bonds. The van der Waals surface area contributed by atoms with Crippen molar-refractivity contribution in [1.82, 2.24) is 5.32 Å². The van der Waals surface area contributed by atoms with Gasteiger partial charge in [-0.2, -0.15) is 0 Å². The molecule has 0 aromatic heterocycles. The van der Waals surface area contributed by atoms with Crippen LogP contribution in [-0.2, 0) is 0 Å². The summed E-state index contributed by atoms with van der Waals surface area (Å²) in [7, 11) is 0. The molecule has 1 aliphatic carbocycles. The third-order valence-electron chi connectivity index (χ3n) is 4.11. The lowest BCUT2D eigenvalue weighted by Crippen LogP contribution is -2.30. The smallest absolute Gasteiger partial charge is 0.0667 e. The minimum Gasteiger partial charge on any atom is -0.392 e. The highest BCUT2D eigenvalue weighted by Crippen LogP contribution is 2.28. The normalized spacial score (nSPS) is 19.5. The molecule has 1 unspecified atom stereocenters. The molecule has 2 N–H and O–H groups in total. The standard InChI is InChI=1S/C16H24BrNO/c1-12(14-6-8-15(17)9-7-14)18-11-16(19)10-13-4-2-3-5-13/h6-9,12-13,16,18-19H,2-5,10-11H2,1H3/t12-,16?/m0/s1. The number of halogens is 1. The lowest BCUT2D eigenvalue weighted by molar-refractivity contribution is 0.137. The van der Waals surface area contributed by atoms with E-state index in [2.05, 4.69) is 52.4 Å². The fraction of sp³-hybridized carbons (Fsp3) is 0.625. The van der Waals surface area contributed by atoms with Crippen LogP contribution in [0.4, 0.5) is 0 Å². The van der Waals surface area contributed by atoms with E-state index in [1.807, 2.05) is 0 Å². The number of aliphatic hydroxyl groups excluding tert-OH is 1. The molecule has 0 saturated heterocycles. The Bertz CT molecular complexity index is 373. The van der Waals surface area contributed by atoms with Gasteiger partial charge in [-0.25, -0.2) is 0 Å². The van der Waals surface area contributed by atoms with E-state index in [1.165, 1.54) is 31.2 Å². The van der Waals surface area contributed by atoms with E-state index in [-0.39, 0.29) is 12.1 Å². The maximum absolute atomic E-state index is 10.1. The highest BCUT2D eigenvalue weighted by atomic mass is 79.9. The molecule has 1 saturated carbocycles. The van der Waals surface area contributed by atoms with Crippen LogP contribution in [-0.4, -0.2) is 17.8 Å². The van der Waals surface area contributed by atoms with Crippen LogP contribution >= 0.6 is 15.9 Å². The van der Waals surface area contributed by atoms with E-state index in [4.69, 9.17) is 0 Å². The Morgan fingerprint density at radius 1 is 1.26 bits per heavy atom. The van der Waals surface area contributed by atoms with Gasteiger partial charge in [-0.15, -0.1) is 0 Å².